The lowest BCUT2D eigenvalue weighted by atomic mass is 9.85. The fourth-order valence-corrected chi connectivity index (χ4v) is 4.43. The summed E-state index contributed by atoms with van der Waals surface area (Å²) in [4.78, 5) is 0. The minimum Gasteiger partial charge on any atom is -0.117 e. The summed E-state index contributed by atoms with van der Waals surface area (Å²) in [6.45, 7) is 2.33. The van der Waals surface area contributed by atoms with Crippen molar-refractivity contribution in [1.82, 2.24) is 0 Å². The van der Waals surface area contributed by atoms with Crippen molar-refractivity contribution in [3.8, 4) is 0 Å². The summed E-state index contributed by atoms with van der Waals surface area (Å²) in [6, 6.07) is 19.5. The Morgan fingerprint density at radius 3 is 2.44 bits per heavy atom. The van der Waals surface area contributed by atoms with Crippen LogP contribution >= 0.6 is 11.6 Å². The highest BCUT2D eigenvalue weighted by molar-refractivity contribution is 6.22. The fourth-order valence-electron chi connectivity index (χ4n) is 3.98. The molecule has 0 radical (unpaired) electrons. The van der Waals surface area contributed by atoms with Crippen LogP contribution in [-0.4, -0.2) is 0 Å². The van der Waals surface area contributed by atoms with Crippen molar-refractivity contribution >= 4 is 11.6 Å². The molecular weight excluding hydrogens is 240 g/mol. The zero-order valence-corrected chi connectivity index (χ0v) is 11.1. The van der Waals surface area contributed by atoms with Gasteiger partial charge in [0.2, 0.25) is 0 Å². The van der Waals surface area contributed by atoms with Gasteiger partial charge in [0.15, 0.2) is 0 Å². The van der Waals surface area contributed by atoms with Crippen LogP contribution in [-0.2, 0) is 5.41 Å². The standard InChI is InChI=1S/C17H15Cl/c1-16-11-17(16,12-7-3-2-4-8-12)14-10-6-5-9-13(14)15(16)18/h2-10,15H,11H2,1H3/t15-,16-,17-/m1/s1. The first-order chi connectivity index (χ1) is 8.70. The van der Waals surface area contributed by atoms with E-state index in [4.69, 9.17) is 11.6 Å². The highest BCUT2D eigenvalue weighted by Gasteiger charge is 2.73. The van der Waals surface area contributed by atoms with Crippen LogP contribution in [0.3, 0.4) is 0 Å². The van der Waals surface area contributed by atoms with Crippen LogP contribution in [0.25, 0.3) is 0 Å². The Morgan fingerprint density at radius 2 is 1.67 bits per heavy atom. The minimum absolute atomic E-state index is 0.147. The van der Waals surface area contributed by atoms with E-state index >= 15 is 0 Å². The maximum absolute atomic E-state index is 6.72. The Labute approximate surface area is 113 Å². The van der Waals surface area contributed by atoms with Gasteiger partial charge >= 0.3 is 0 Å². The van der Waals surface area contributed by atoms with Gasteiger partial charge in [0, 0.05) is 10.8 Å². The van der Waals surface area contributed by atoms with Gasteiger partial charge in [-0.3, -0.25) is 0 Å². The van der Waals surface area contributed by atoms with Crippen molar-refractivity contribution in [2.24, 2.45) is 5.41 Å². The second-order valence-electron chi connectivity index (χ2n) is 5.82. The number of alkyl halides is 1. The number of rotatable bonds is 1. The Bertz CT molecular complexity index is 619. The third-order valence-electron chi connectivity index (χ3n) is 5.00. The van der Waals surface area contributed by atoms with E-state index in [0.29, 0.717) is 0 Å². The molecule has 0 nitrogen and oxygen atoms in total. The summed E-state index contributed by atoms with van der Waals surface area (Å²) in [6.07, 6.45) is 1.18. The van der Waals surface area contributed by atoms with Crippen LogP contribution in [0.15, 0.2) is 54.6 Å². The molecule has 3 atom stereocenters. The first-order valence-electron chi connectivity index (χ1n) is 6.49. The van der Waals surface area contributed by atoms with E-state index in [9.17, 15) is 0 Å². The predicted molar refractivity (Wildman–Crippen MR) is 75.0 cm³/mol. The molecule has 0 N–H and O–H groups in total. The van der Waals surface area contributed by atoms with E-state index in [0.717, 1.165) is 0 Å². The zero-order chi connectivity index (χ0) is 12.4. The Balaban J connectivity index is 1.99. The van der Waals surface area contributed by atoms with E-state index in [1.165, 1.54) is 23.1 Å². The molecule has 1 fully saturated rings. The Hall–Kier alpha value is -1.27. The molecule has 1 heteroatoms. The average Bonchev–Trinajstić information content (AvgIpc) is 3.03. The van der Waals surface area contributed by atoms with Gasteiger partial charge in [0.1, 0.15) is 0 Å². The van der Waals surface area contributed by atoms with Crippen molar-refractivity contribution < 1.29 is 0 Å². The van der Waals surface area contributed by atoms with Crippen molar-refractivity contribution in [3.05, 3.63) is 71.3 Å². The maximum atomic E-state index is 6.72. The van der Waals surface area contributed by atoms with Crippen LogP contribution in [0, 0.1) is 5.41 Å². The summed E-state index contributed by atoms with van der Waals surface area (Å²) in [5.74, 6) is 0. The molecule has 0 bridgehead atoms. The SMILES string of the molecule is C[C@]12C[C@@]1(c1ccccc1)c1ccccc1[C@H]2Cl. The lowest BCUT2D eigenvalue weighted by molar-refractivity contribution is 0.517. The van der Waals surface area contributed by atoms with Crippen molar-refractivity contribution in [3.63, 3.8) is 0 Å². The fraction of sp³-hybridized carbons (Fsp3) is 0.294. The predicted octanol–water partition coefficient (Wildman–Crippen LogP) is 4.68. The lowest BCUT2D eigenvalue weighted by Gasteiger charge is -2.18. The van der Waals surface area contributed by atoms with Gasteiger partial charge in [-0.25, -0.2) is 0 Å². The topological polar surface area (TPSA) is 0 Å². The molecule has 0 spiro atoms. The summed E-state index contributed by atoms with van der Waals surface area (Å²) < 4.78 is 0. The van der Waals surface area contributed by atoms with Gasteiger partial charge in [-0.1, -0.05) is 61.5 Å². The summed E-state index contributed by atoms with van der Waals surface area (Å²) >= 11 is 6.72. The van der Waals surface area contributed by atoms with Crippen LogP contribution in [0.4, 0.5) is 0 Å². The van der Waals surface area contributed by atoms with Crippen molar-refractivity contribution in [2.45, 2.75) is 24.1 Å². The largest absolute Gasteiger partial charge is 0.117 e. The average molecular weight is 255 g/mol. The molecule has 2 aromatic carbocycles. The lowest BCUT2D eigenvalue weighted by Crippen LogP contribution is -2.13. The Kier molecular flexibility index (Phi) is 1.88. The monoisotopic (exact) mass is 254 g/mol. The van der Waals surface area contributed by atoms with E-state index in [2.05, 4.69) is 61.5 Å². The van der Waals surface area contributed by atoms with Crippen LogP contribution in [0.1, 0.15) is 35.4 Å². The van der Waals surface area contributed by atoms with Crippen LogP contribution in [0.2, 0.25) is 0 Å². The van der Waals surface area contributed by atoms with E-state index in [1.54, 1.807) is 0 Å². The molecule has 0 unspecified atom stereocenters. The number of benzene rings is 2. The third kappa shape index (κ3) is 0.999. The van der Waals surface area contributed by atoms with Crippen molar-refractivity contribution in [2.75, 3.05) is 0 Å². The molecule has 18 heavy (non-hydrogen) atoms. The third-order valence-corrected chi connectivity index (χ3v) is 5.72. The van der Waals surface area contributed by atoms with Gasteiger partial charge in [-0.05, 0) is 23.1 Å². The van der Waals surface area contributed by atoms with Gasteiger partial charge in [0.25, 0.3) is 0 Å². The van der Waals surface area contributed by atoms with Gasteiger partial charge in [-0.2, -0.15) is 0 Å². The summed E-state index contributed by atoms with van der Waals surface area (Å²) in [5, 5.41) is 0.147. The second kappa shape index (κ2) is 3.19. The molecule has 2 aromatic rings. The van der Waals surface area contributed by atoms with Crippen LogP contribution in [0.5, 0.6) is 0 Å². The molecule has 0 saturated heterocycles. The molecule has 0 aliphatic heterocycles. The number of halogens is 1. The highest BCUT2D eigenvalue weighted by Crippen LogP contribution is 2.79. The smallest absolute Gasteiger partial charge is 0.0654 e. The number of hydrogen-bond acceptors (Lipinski definition) is 0. The van der Waals surface area contributed by atoms with E-state index in [-0.39, 0.29) is 16.2 Å². The Morgan fingerprint density at radius 1 is 1.00 bits per heavy atom. The quantitative estimate of drug-likeness (QED) is 0.649. The molecule has 0 amide bonds. The van der Waals surface area contributed by atoms with E-state index < -0.39 is 0 Å². The number of hydrogen-bond donors (Lipinski definition) is 0. The summed E-state index contributed by atoms with van der Waals surface area (Å²) in [5.41, 5.74) is 4.55. The number of fused-ring (bicyclic) bond motifs is 3. The molecule has 1 saturated carbocycles. The molecule has 2 aliphatic rings. The maximum Gasteiger partial charge on any atom is 0.0654 e. The minimum atomic E-state index is 0.147. The second-order valence-corrected chi connectivity index (χ2v) is 6.25. The van der Waals surface area contributed by atoms with Crippen LogP contribution < -0.4 is 0 Å². The van der Waals surface area contributed by atoms with E-state index in [1.807, 2.05) is 0 Å². The highest BCUT2D eigenvalue weighted by atomic mass is 35.5. The normalized spacial score (nSPS) is 36.0. The van der Waals surface area contributed by atoms with Gasteiger partial charge < -0.3 is 0 Å². The summed E-state index contributed by atoms with van der Waals surface area (Å²) in [7, 11) is 0. The molecule has 0 heterocycles. The molecular formula is C17H15Cl. The van der Waals surface area contributed by atoms with Gasteiger partial charge in [0.05, 0.1) is 5.38 Å². The van der Waals surface area contributed by atoms with Gasteiger partial charge in [-0.15, -0.1) is 11.6 Å². The zero-order valence-electron chi connectivity index (χ0n) is 10.4. The molecule has 4 rings (SSSR count). The molecule has 0 aromatic heterocycles. The first kappa shape index (κ1) is 10.6. The molecule has 90 valence electrons. The molecule has 2 aliphatic carbocycles. The van der Waals surface area contributed by atoms with Crippen molar-refractivity contribution in [1.29, 1.82) is 0 Å². The first-order valence-corrected chi connectivity index (χ1v) is 6.93.